The van der Waals surface area contributed by atoms with Crippen molar-refractivity contribution in [3.05, 3.63) is 23.2 Å². The van der Waals surface area contributed by atoms with Crippen LogP contribution in [0.5, 0.6) is 0 Å². The summed E-state index contributed by atoms with van der Waals surface area (Å²) in [6.07, 6.45) is 5.18. The number of hydrogen-bond acceptors (Lipinski definition) is 4. The van der Waals surface area contributed by atoms with Crippen LogP contribution in [0.2, 0.25) is 0 Å². The molecule has 2 aromatic rings. The summed E-state index contributed by atoms with van der Waals surface area (Å²) in [5, 5.41) is 2.99. The Bertz CT molecular complexity index is 479. The van der Waals surface area contributed by atoms with Crippen molar-refractivity contribution in [3.8, 4) is 11.5 Å². The van der Waals surface area contributed by atoms with Crippen molar-refractivity contribution in [2.75, 3.05) is 12.4 Å². The van der Waals surface area contributed by atoms with Gasteiger partial charge in [0.25, 0.3) is 0 Å². The molecular formula is C9H10BrN5. The highest BCUT2D eigenvalue weighted by atomic mass is 79.9. The zero-order valence-electron chi connectivity index (χ0n) is 8.40. The number of nitrogens with zero attached hydrogens (tertiary/aromatic N) is 4. The molecular weight excluding hydrogens is 258 g/mol. The fraction of sp³-hybridized carbons (Fsp3) is 0.222. The van der Waals surface area contributed by atoms with Crippen LogP contribution in [-0.2, 0) is 7.05 Å². The Kier molecular flexibility index (Phi) is 2.68. The second-order valence-electron chi connectivity index (χ2n) is 3.03. The van der Waals surface area contributed by atoms with E-state index in [2.05, 4.69) is 36.2 Å². The molecule has 2 aromatic heterocycles. The first-order chi connectivity index (χ1) is 7.22. The minimum atomic E-state index is 0.655. The quantitative estimate of drug-likeness (QED) is 0.900. The van der Waals surface area contributed by atoms with Gasteiger partial charge in [-0.3, -0.25) is 0 Å². The summed E-state index contributed by atoms with van der Waals surface area (Å²) in [6, 6.07) is 0. The lowest BCUT2D eigenvalue weighted by Crippen LogP contribution is -2.00. The fourth-order valence-electron chi connectivity index (χ4n) is 1.24. The highest BCUT2D eigenvalue weighted by Crippen LogP contribution is 2.21. The molecule has 2 rings (SSSR count). The molecule has 6 heteroatoms. The normalized spacial score (nSPS) is 10.3. The molecule has 0 fully saturated rings. The van der Waals surface area contributed by atoms with Gasteiger partial charge in [0, 0.05) is 20.3 Å². The third-order valence-corrected chi connectivity index (χ3v) is 2.61. The van der Waals surface area contributed by atoms with Gasteiger partial charge in [-0.25, -0.2) is 15.0 Å². The summed E-state index contributed by atoms with van der Waals surface area (Å²) in [7, 11) is 3.73. The molecule has 0 amide bonds. The van der Waals surface area contributed by atoms with E-state index in [9.17, 15) is 0 Å². The average molecular weight is 268 g/mol. The maximum absolute atomic E-state index is 4.36. The molecule has 0 aliphatic heterocycles. The third kappa shape index (κ3) is 1.85. The van der Waals surface area contributed by atoms with Crippen molar-refractivity contribution in [3.63, 3.8) is 0 Å². The monoisotopic (exact) mass is 267 g/mol. The number of imidazole rings is 1. The Morgan fingerprint density at radius 1 is 1.40 bits per heavy atom. The molecule has 0 aliphatic carbocycles. The molecule has 0 aromatic carbocycles. The van der Waals surface area contributed by atoms with Crippen LogP contribution >= 0.6 is 15.9 Å². The number of aryl methyl sites for hydroxylation is 1. The molecule has 1 N–H and O–H groups in total. The zero-order chi connectivity index (χ0) is 10.8. The van der Waals surface area contributed by atoms with Crippen LogP contribution in [0.3, 0.4) is 0 Å². The highest BCUT2D eigenvalue weighted by molar-refractivity contribution is 9.10. The van der Waals surface area contributed by atoms with Crippen molar-refractivity contribution in [1.82, 2.24) is 19.5 Å². The smallest absolute Gasteiger partial charge is 0.179 e. The summed E-state index contributed by atoms with van der Waals surface area (Å²) >= 11 is 3.36. The zero-order valence-corrected chi connectivity index (χ0v) is 9.98. The van der Waals surface area contributed by atoms with E-state index in [-0.39, 0.29) is 0 Å². The maximum Gasteiger partial charge on any atom is 0.179 e. The van der Waals surface area contributed by atoms with E-state index in [1.54, 1.807) is 18.7 Å². The van der Waals surface area contributed by atoms with Crippen LogP contribution in [0.1, 0.15) is 0 Å². The van der Waals surface area contributed by atoms with E-state index >= 15 is 0 Å². The van der Waals surface area contributed by atoms with Crippen molar-refractivity contribution in [1.29, 1.82) is 0 Å². The molecule has 0 bridgehead atoms. The number of halogens is 1. The van der Waals surface area contributed by atoms with E-state index < -0.39 is 0 Å². The van der Waals surface area contributed by atoms with Gasteiger partial charge in [-0.2, -0.15) is 0 Å². The van der Waals surface area contributed by atoms with Crippen LogP contribution in [-0.4, -0.2) is 26.6 Å². The molecule has 2 heterocycles. The first-order valence-corrected chi connectivity index (χ1v) is 5.18. The molecule has 0 radical (unpaired) electrons. The highest BCUT2D eigenvalue weighted by Gasteiger charge is 2.08. The molecule has 0 spiro atoms. The molecule has 5 nitrogen and oxygen atoms in total. The minimum Gasteiger partial charge on any atom is -0.372 e. The number of hydrogen-bond donors (Lipinski definition) is 1. The van der Waals surface area contributed by atoms with Gasteiger partial charge >= 0.3 is 0 Å². The van der Waals surface area contributed by atoms with E-state index in [0.717, 1.165) is 16.0 Å². The van der Waals surface area contributed by atoms with E-state index in [0.29, 0.717) is 5.82 Å². The van der Waals surface area contributed by atoms with Crippen LogP contribution in [0.25, 0.3) is 11.5 Å². The fourth-order valence-corrected chi connectivity index (χ4v) is 1.63. The maximum atomic E-state index is 4.36. The van der Waals surface area contributed by atoms with Gasteiger partial charge in [0.15, 0.2) is 5.82 Å². The van der Waals surface area contributed by atoms with Gasteiger partial charge in [0.05, 0.1) is 17.0 Å². The number of nitrogens with one attached hydrogen (secondary N) is 1. The summed E-state index contributed by atoms with van der Waals surface area (Å²) in [4.78, 5) is 12.6. The summed E-state index contributed by atoms with van der Waals surface area (Å²) in [5.74, 6) is 1.42. The van der Waals surface area contributed by atoms with Gasteiger partial charge < -0.3 is 9.88 Å². The van der Waals surface area contributed by atoms with Crippen molar-refractivity contribution < 1.29 is 0 Å². The Morgan fingerprint density at radius 3 is 2.80 bits per heavy atom. The number of aromatic nitrogens is 4. The van der Waals surface area contributed by atoms with Crippen molar-refractivity contribution in [2.45, 2.75) is 0 Å². The van der Waals surface area contributed by atoms with Gasteiger partial charge in [0.2, 0.25) is 0 Å². The molecule has 0 aliphatic rings. The molecule has 78 valence electrons. The SMILES string of the molecule is CNc1nc(-c2cncn2C)ncc1Br. The predicted octanol–water partition coefficient (Wildman–Crippen LogP) is 1.68. The standard InChI is InChI=1S/C9H10BrN5/c1-11-8-6(10)3-13-9(14-8)7-4-12-5-15(7)2/h3-5H,1-2H3,(H,11,13,14). The lowest BCUT2D eigenvalue weighted by molar-refractivity contribution is 0.908. The Morgan fingerprint density at radius 2 is 2.20 bits per heavy atom. The number of rotatable bonds is 2. The summed E-state index contributed by atoms with van der Waals surface area (Å²) in [6.45, 7) is 0. The van der Waals surface area contributed by atoms with Crippen LogP contribution in [0.4, 0.5) is 5.82 Å². The van der Waals surface area contributed by atoms with Crippen LogP contribution < -0.4 is 5.32 Å². The van der Waals surface area contributed by atoms with Gasteiger partial charge in [-0.15, -0.1) is 0 Å². The predicted molar refractivity (Wildman–Crippen MR) is 61.5 cm³/mol. The molecule has 15 heavy (non-hydrogen) atoms. The van der Waals surface area contributed by atoms with Gasteiger partial charge in [-0.1, -0.05) is 0 Å². The Balaban J connectivity index is 2.51. The van der Waals surface area contributed by atoms with Crippen molar-refractivity contribution >= 4 is 21.7 Å². The van der Waals surface area contributed by atoms with Crippen molar-refractivity contribution in [2.24, 2.45) is 7.05 Å². The largest absolute Gasteiger partial charge is 0.372 e. The number of anilines is 1. The average Bonchev–Trinajstić information content (AvgIpc) is 2.65. The van der Waals surface area contributed by atoms with E-state index in [4.69, 9.17) is 0 Å². The summed E-state index contributed by atoms with van der Waals surface area (Å²) < 4.78 is 2.72. The van der Waals surface area contributed by atoms with Crippen LogP contribution in [0, 0.1) is 0 Å². The topological polar surface area (TPSA) is 55.6 Å². The first kappa shape index (κ1) is 10.1. The second-order valence-corrected chi connectivity index (χ2v) is 3.88. The minimum absolute atomic E-state index is 0.655. The molecule has 0 saturated carbocycles. The molecule has 0 unspecified atom stereocenters. The lowest BCUT2D eigenvalue weighted by atomic mass is 10.4. The summed E-state index contributed by atoms with van der Waals surface area (Å²) in [5.41, 5.74) is 0.888. The second kappa shape index (κ2) is 3.98. The van der Waals surface area contributed by atoms with Crippen LogP contribution in [0.15, 0.2) is 23.2 Å². The van der Waals surface area contributed by atoms with E-state index in [1.807, 2.05) is 18.7 Å². The van der Waals surface area contributed by atoms with E-state index in [1.165, 1.54) is 0 Å². The van der Waals surface area contributed by atoms with Gasteiger partial charge in [-0.05, 0) is 15.9 Å². The first-order valence-electron chi connectivity index (χ1n) is 4.39. The van der Waals surface area contributed by atoms with Gasteiger partial charge in [0.1, 0.15) is 11.5 Å². The molecule has 0 atom stereocenters. The Hall–Kier alpha value is -1.43. The molecule has 0 saturated heterocycles. The Labute approximate surface area is 95.7 Å². The third-order valence-electron chi connectivity index (χ3n) is 2.03. The lowest BCUT2D eigenvalue weighted by Gasteiger charge is -2.05.